The molecule has 0 bridgehead atoms. The quantitative estimate of drug-likeness (QED) is 0.885. The normalized spacial score (nSPS) is 22.0. The van der Waals surface area contributed by atoms with Crippen molar-refractivity contribution in [1.82, 2.24) is 20.2 Å². The molecule has 1 aromatic heterocycles. The van der Waals surface area contributed by atoms with Crippen molar-refractivity contribution in [2.45, 2.75) is 39.3 Å². The second-order valence-electron chi connectivity index (χ2n) is 6.31. The fraction of sp³-hybridized carbons (Fsp3) is 0.714. The van der Waals surface area contributed by atoms with Crippen LogP contribution < -0.4 is 5.32 Å². The minimum absolute atomic E-state index is 0.310. The van der Waals surface area contributed by atoms with Crippen molar-refractivity contribution in [1.29, 1.82) is 0 Å². The van der Waals surface area contributed by atoms with Crippen LogP contribution in [0.4, 0.5) is 0 Å². The van der Waals surface area contributed by atoms with E-state index in [1.165, 1.54) is 11.3 Å². The zero-order valence-electron chi connectivity index (χ0n) is 12.1. The van der Waals surface area contributed by atoms with Gasteiger partial charge < -0.3 is 10.2 Å². The molecule has 1 unspecified atom stereocenters. The van der Waals surface area contributed by atoms with Crippen molar-refractivity contribution in [3.63, 3.8) is 0 Å². The summed E-state index contributed by atoms with van der Waals surface area (Å²) in [6.45, 7) is 5.43. The van der Waals surface area contributed by atoms with Crippen LogP contribution in [0.3, 0.4) is 0 Å². The molecule has 18 heavy (non-hydrogen) atoms. The van der Waals surface area contributed by atoms with Gasteiger partial charge in [-0.2, -0.15) is 0 Å². The summed E-state index contributed by atoms with van der Waals surface area (Å²) < 4.78 is 0. The van der Waals surface area contributed by atoms with Gasteiger partial charge in [0.2, 0.25) is 0 Å². The third-order valence-electron chi connectivity index (χ3n) is 3.53. The number of nitrogens with one attached hydrogen (secondary N) is 1. The van der Waals surface area contributed by atoms with E-state index in [-0.39, 0.29) is 0 Å². The molecule has 2 rings (SSSR count). The maximum Gasteiger partial charge on any atom is 0.142 e. The molecule has 0 amide bonds. The Bertz CT molecular complexity index is 426. The number of nitrogens with zero attached hydrogens (tertiary/aromatic N) is 3. The van der Waals surface area contributed by atoms with E-state index >= 15 is 0 Å². The number of hydrogen-bond acceptors (Lipinski definition) is 4. The number of hydrogen-bond donors (Lipinski definition) is 1. The fourth-order valence-electron chi connectivity index (χ4n) is 2.71. The van der Waals surface area contributed by atoms with Gasteiger partial charge in [0.25, 0.3) is 0 Å². The minimum atomic E-state index is 0.310. The lowest BCUT2D eigenvalue weighted by Gasteiger charge is -2.36. The summed E-state index contributed by atoms with van der Waals surface area (Å²) in [6, 6.07) is 0.386. The van der Waals surface area contributed by atoms with Crippen LogP contribution in [0.5, 0.6) is 0 Å². The van der Waals surface area contributed by atoms with E-state index in [0.717, 1.165) is 25.2 Å². The molecule has 4 nitrogen and oxygen atoms in total. The van der Waals surface area contributed by atoms with E-state index in [0.29, 0.717) is 11.5 Å². The summed E-state index contributed by atoms with van der Waals surface area (Å²) in [5.41, 5.74) is 2.81. The predicted molar refractivity (Wildman–Crippen MR) is 73.3 cm³/mol. The van der Waals surface area contributed by atoms with Gasteiger partial charge in [0.05, 0.1) is 6.54 Å². The molecule has 1 aliphatic carbocycles. The van der Waals surface area contributed by atoms with E-state index in [1.54, 1.807) is 0 Å². The molecule has 1 heterocycles. The van der Waals surface area contributed by atoms with Crippen LogP contribution in [0.2, 0.25) is 0 Å². The zero-order chi connectivity index (χ0) is 13.3. The Balaban J connectivity index is 2.33. The van der Waals surface area contributed by atoms with Crippen molar-refractivity contribution in [2.75, 3.05) is 21.1 Å². The lowest BCUT2D eigenvalue weighted by atomic mass is 9.74. The van der Waals surface area contributed by atoms with Crippen LogP contribution in [0.1, 0.15) is 43.4 Å². The molecule has 1 aliphatic rings. The summed E-state index contributed by atoms with van der Waals surface area (Å²) in [7, 11) is 6.11. The first-order valence-corrected chi connectivity index (χ1v) is 6.58. The Hall–Kier alpha value is -1.00. The van der Waals surface area contributed by atoms with Gasteiger partial charge in [-0.05, 0) is 39.4 Å². The molecule has 0 saturated heterocycles. The van der Waals surface area contributed by atoms with Crippen LogP contribution >= 0.6 is 0 Å². The first-order valence-electron chi connectivity index (χ1n) is 6.58. The van der Waals surface area contributed by atoms with E-state index < -0.39 is 0 Å². The van der Waals surface area contributed by atoms with Gasteiger partial charge in [0.1, 0.15) is 5.82 Å². The largest absolute Gasteiger partial charge is 0.313 e. The molecule has 4 heteroatoms. The zero-order valence-corrected chi connectivity index (χ0v) is 12.1. The Morgan fingerprint density at radius 1 is 1.44 bits per heavy atom. The molecule has 0 aliphatic heterocycles. The highest BCUT2D eigenvalue weighted by Crippen LogP contribution is 2.39. The van der Waals surface area contributed by atoms with Crippen molar-refractivity contribution < 1.29 is 0 Å². The first kappa shape index (κ1) is 13.4. The van der Waals surface area contributed by atoms with Crippen LogP contribution in [0, 0.1) is 5.41 Å². The van der Waals surface area contributed by atoms with Crippen molar-refractivity contribution in [2.24, 2.45) is 5.41 Å². The highest BCUT2D eigenvalue weighted by atomic mass is 15.1. The molecule has 0 fully saturated rings. The van der Waals surface area contributed by atoms with Crippen molar-refractivity contribution in [3.05, 3.63) is 23.3 Å². The van der Waals surface area contributed by atoms with Gasteiger partial charge in [-0.1, -0.05) is 13.8 Å². The monoisotopic (exact) mass is 248 g/mol. The molecular formula is C14H24N4. The van der Waals surface area contributed by atoms with Gasteiger partial charge in [-0.3, -0.25) is 0 Å². The first-order chi connectivity index (χ1) is 8.41. The van der Waals surface area contributed by atoms with Crippen LogP contribution in [0.25, 0.3) is 0 Å². The van der Waals surface area contributed by atoms with Gasteiger partial charge in [0, 0.05) is 23.5 Å². The summed E-state index contributed by atoms with van der Waals surface area (Å²) in [5.74, 6) is 0.923. The second kappa shape index (κ2) is 4.94. The molecule has 0 saturated carbocycles. The van der Waals surface area contributed by atoms with Crippen LogP contribution in [0.15, 0.2) is 6.20 Å². The Labute approximate surface area is 110 Å². The molecule has 1 atom stereocenters. The van der Waals surface area contributed by atoms with Crippen LogP contribution in [-0.4, -0.2) is 36.0 Å². The highest BCUT2D eigenvalue weighted by Gasteiger charge is 2.32. The maximum atomic E-state index is 4.75. The minimum Gasteiger partial charge on any atom is -0.313 e. The number of aromatic nitrogens is 2. The molecule has 1 N–H and O–H groups in total. The third-order valence-corrected chi connectivity index (χ3v) is 3.53. The standard InChI is InChI=1S/C14H24N4/c1-14(2)6-11(15-3)10-8-16-13(9-18(4)5)17-12(10)7-14/h8,11,15H,6-7,9H2,1-5H3. The lowest BCUT2D eigenvalue weighted by molar-refractivity contribution is 0.259. The summed E-state index contributed by atoms with van der Waals surface area (Å²) in [6.07, 6.45) is 4.20. The molecular weight excluding hydrogens is 224 g/mol. The van der Waals surface area contributed by atoms with E-state index in [1.807, 2.05) is 27.3 Å². The van der Waals surface area contributed by atoms with E-state index in [4.69, 9.17) is 4.98 Å². The summed E-state index contributed by atoms with van der Waals surface area (Å²) in [4.78, 5) is 11.3. The van der Waals surface area contributed by atoms with Crippen LogP contribution in [-0.2, 0) is 13.0 Å². The molecule has 100 valence electrons. The highest BCUT2D eigenvalue weighted by molar-refractivity contribution is 5.26. The Kier molecular flexibility index (Phi) is 3.69. The van der Waals surface area contributed by atoms with Crippen molar-refractivity contribution >= 4 is 0 Å². The van der Waals surface area contributed by atoms with Crippen molar-refractivity contribution in [3.8, 4) is 0 Å². The SMILES string of the molecule is CNC1CC(C)(C)Cc2nc(CN(C)C)ncc21. The summed E-state index contributed by atoms with van der Waals surface area (Å²) >= 11 is 0. The van der Waals surface area contributed by atoms with Gasteiger partial charge in [0.15, 0.2) is 0 Å². The van der Waals surface area contributed by atoms with Gasteiger partial charge in [-0.15, -0.1) is 0 Å². The average Bonchev–Trinajstić information content (AvgIpc) is 2.25. The topological polar surface area (TPSA) is 41.1 Å². The molecule has 1 aromatic rings. The predicted octanol–water partition coefficient (Wildman–Crippen LogP) is 1.77. The Morgan fingerprint density at radius 2 is 2.17 bits per heavy atom. The van der Waals surface area contributed by atoms with E-state index in [2.05, 4.69) is 29.0 Å². The summed E-state index contributed by atoms with van der Waals surface area (Å²) in [5, 5.41) is 3.39. The van der Waals surface area contributed by atoms with E-state index in [9.17, 15) is 0 Å². The number of fused-ring (bicyclic) bond motifs is 1. The van der Waals surface area contributed by atoms with Gasteiger partial charge in [-0.25, -0.2) is 9.97 Å². The molecule has 0 aromatic carbocycles. The average molecular weight is 248 g/mol. The molecule has 0 spiro atoms. The smallest absolute Gasteiger partial charge is 0.142 e. The maximum absolute atomic E-state index is 4.75. The number of rotatable bonds is 3. The second-order valence-corrected chi connectivity index (χ2v) is 6.31. The Morgan fingerprint density at radius 3 is 2.78 bits per heavy atom. The lowest BCUT2D eigenvalue weighted by Crippen LogP contribution is -2.33. The van der Waals surface area contributed by atoms with Gasteiger partial charge >= 0.3 is 0 Å². The third kappa shape index (κ3) is 2.87. The fourth-order valence-corrected chi connectivity index (χ4v) is 2.71. The molecule has 0 radical (unpaired) electrons.